The Hall–Kier alpha value is -1.40. The number of morpholine rings is 1. The largest absolute Gasteiger partial charge is 0.444 e. The Bertz CT molecular complexity index is 484. The number of carbonyl (C=O) groups excluding carboxylic acids is 1. The summed E-state index contributed by atoms with van der Waals surface area (Å²) in [5.41, 5.74) is 0. The molecule has 1 atom stereocenters. The highest BCUT2D eigenvalue weighted by atomic mass is 16.5. The van der Waals surface area contributed by atoms with Gasteiger partial charge in [-0.2, -0.15) is 0 Å². The van der Waals surface area contributed by atoms with Gasteiger partial charge in [0, 0.05) is 20.0 Å². The first kappa shape index (κ1) is 14.5. The highest BCUT2D eigenvalue weighted by molar-refractivity contribution is 5.81. The van der Waals surface area contributed by atoms with Crippen molar-refractivity contribution in [3.63, 3.8) is 0 Å². The molecule has 0 spiro atoms. The van der Waals surface area contributed by atoms with Crippen LogP contribution in [0.2, 0.25) is 0 Å². The second kappa shape index (κ2) is 6.58. The number of aryl methyl sites for hydroxylation is 1. The Kier molecular flexibility index (Phi) is 4.55. The molecule has 0 radical (unpaired) electrons. The molecule has 2 aliphatic rings. The van der Waals surface area contributed by atoms with E-state index in [-0.39, 0.29) is 11.9 Å². The maximum absolute atomic E-state index is 12.4. The molecule has 21 heavy (non-hydrogen) atoms. The number of carbonyl (C=O) groups is 1. The third kappa shape index (κ3) is 3.63. The van der Waals surface area contributed by atoms with Crippen LogP contribution >= 0.6 is 0 Å². The second-order valence-electron chi connectivity index (χ2n) is 5.95. The van der Waals surface area contributed by atoms with Gasteiger partial charge in [0.15, 0.2) is 5.89 Å². The summed E-state index contributed by atoms with van der Waals surface area (Å²) in [7, 11) is 0. The number of rotatable bonds is 5. The number of hydrogen-bond acceptors (Lipinski definition) is 5. The summed E-state index contributed by atoms with van der Waals surface area (Å²) >= 11 is 0. The Morgan fingerprint density at radius 1 is 1.52 bits per heavy atom. The Morgan fingerprint density at radius 3 is 3.05 bits per heavy atom. The van der Waals surface area contributed by atoms with Crippen LogP contribution in [0, 0.1) is 12.8 Å². The second-order valence-corrected chi connectivity index (χ2v) is 5.95. The third-order valence-electron chi connectivity index (χ3n) is 4.37. The van der Waals surface area contributed by atoms with E-state index in [1.54, 1.807) is 13.1 Å². The van der Waals surface area contributed by atoms with Crippen molar-refractivity contribution < 1.29 is 13.9 Å². The summed E-state index contributed by atoms with van der Waals surface area (Å²) in [4.78, 5) is 18.7. The fraction of sp³-hybridized carbons (Fsp3) is 0.733. The quantitative estimate of drug-likeness (QED) is 0.880. The van der Waals surface area contributed by atoms with E-state index in [1.807, 2.05) is 0 Å². The molecule has 0 bridgehead atoms. The fourth-order valence-corrected chi connectivity index (χ4v) is 2.88. The average molecular weight is 293 g/mol. The minimum atomic E-state index is -0.177. The van der Waals surface area contributed by atoms with Gasteiger partial charge in [0.2, 0.25) is 5.91 Å². The van der Waals surface area contributed by atoms with E-state index in [9.17, 15) is 4.79 Å². The standard InChI is InChI=1S/C15H23N3O3/c1-11-16-7-13(21-11)8-17-15(19)14-10-20-6-5-18(14)9-12-3-2-4-12/h7,12,14H,2-6,8-10H2,1H3,(H,17,19). The number of oxazole rings is 1. The van der Waals surface area contributed by atoms with Crippen LogP contribution in [0.15, 0.2) is 10.6 Å². The maximum Gasteiger partial charge on any atom is 0.240 e. The molecule has 1 aromatic rings. The van der Waals surface area contributed by atoms with Crippen LogP contribution in [0.4, 0.5) is 0 Å². The molecule has 6 nitrogen and oxygen atoms in total. The molecule has 2 heterocycles. The molecule has 1 saturated carbocycles. The zero-order valence-corrected chi connectivity index (χ0v) is 12.5. The topological polar surface area (TPSA) is 67.6 Å². The highest BCUT2D eigenvalue weighted by Gasteiger charge is 2.32. The Morgan fingerprint density at radius 2 is 2.38 bits per heavy atom. The van der Waals surface area contributed by atoms with Crippen LogP contribution in [0.1, 0.15) is 30.9 Å². The van der Waals surface area contributed by atoms with Gasteiger partial charge < -0.3 is 14.5 Å². The summed E-state index contributed by atoms with van der Waals surface area (Å²) < 4.78 is 10.9. The van der Waals surface area contributed by atoms with Crippen molar-refractivity contribution in [2.24, 2.45) is 5.92 Å². The molecule has 116 valence electrons. The van der Waals surface area contributed by atoms with Crippen molar-refractivity contribution in [3.05, 3.63) is 17.8 Å². The van der Waals surface area contributed by atoms with Crippen molar-refractivity contribution >= 4 is 5.91 Å². The van der Waals surface area contributed by atoms with Gasteiger partial charge in [-0.05, 0) is 18.8 Å². The van der Waals surface area contributed by atoms with Gasteiger partial charge in [0.05, 0.1) is 26.0 Å². The number of ether oxygens (including phenoxy) is 1. The number of nitrogens with one attached hydrogen (secondary N) is 1. The van der Waals surface area contributed by atoms with Crippen LogP contribution in [-0.2, 0) is 16.1 Å². The molecular formula is C15H23N3O3. The van der Waals surface area contributed by atoms with Crippen molar-refractivity contribution in [2.45, 2.75) is 38.8 Å². The van der Waals surface area contributed by atoms with Gasteiger partial charge in [-0.15, -0.1) is 0 Å². The van der Waals surface area contributed by atoms with Gasteiger partial charge in [0.1, 0.15) is 11.8 Å². The SMILES string of the molecule is Cc1ncc(CNC(=O)C2COCCN2CC2CCC2)o1. The van der Waals surface area contributed by atoms with Gasteiger partial charge >= 0.3 is 0 Å². The van der Waals surface area contributed by atoms with E-state index in [1.165, 1.54) is 19.3 Å². The number of hydrogen-bond donors (Lipinski definition) is 1. The van der Waals surface area contributed by atoms with Gasteiger partial charge in [0.25, 0.3) is 0 Å². The molecule has 6 heteroatoms. The zero-order valence-electron chi connectivity index (χ0n) is 12.5. The van der Waals surface area contributed by atoms with E-state index in [2.05, 4.69) is 15.2 Å². The first-order valence-electron chi connectivity index (χ1n) is 7.73. The van der Waals surface area contributed by atoms with E-state index in [4.69, 9.17) is 9.15 Å². The molecule has 1 aromatic heterocycles. The minimum absolute atomic E-state index is 0.0167. The lowest BCUT2D eigenvalue weighted by molar-refractivity contribution is -0.133. The van der Waals surface area contributed by atoms with Crippen LogP contribution in [-0.4, -0.2) is 48.1 Å². The van der Waals surface area contributed by atoms with Gasteiger partial charge in [-0.3, -0.25) is 9.69 Å². The molecule has 1 aliphatic carbocycles. The van der Waals surface area contributed by atoms with Crippen molar-refractivity contribution in [2.75, 3.05) is 26.3 Å². The van der Waals surface area contributed by atoms with Crippen molar-refractivity contribution in [1.29, 1.82) is 0 Å². The summed E-state index contributed by atoms with van der Waals surface area (Å²) in [6.07, 6.45) is 5.57. The predicted molar refractivity (Wildman–Crippen MR) is 76.6 cm³/mol. The molecular weight excluding hydrogens is 270 g/mol. The first-order chi connectivity index (χ1) is 10.2. The summed E-state index contributed by atoms with van der Waals surface area (Å²) in [6.45, 7) is 5.23. The first-order valence-corrected chi connectivity index (χ1v) is 7.73. The molecule has 1 saturated heterocycles. The summed E-state index contributed by atoms with van der Waals surface area (Å²) in [5.74, 6) is 2.08. The zero-order chi connectivity index (χ0) is 14.7. The van der Waals surface area contributed by atoms with Crippen LogP contribution in [0.3, 0.4) is 0 Å². The molecule has 1 unspecified atom stereocenters. The van der Waals surface area contributed by atoms with E-state index < -0.39 is 0 Å². The molecule has 0 aromatic carbocycles. The maximum atomic E-state index is 12.4. The Labute approximate surface area is 124 Å². The van der Waals surface area contributed by atoms with Crippen LogP contribution in [0.25, 0.3) is 0 Å². The van der Waals surface area contributed by atoms with E-state index >= 15 is 0 Å². The van der Waals surface area contributed by atoms with Crippen molar-refractivity contribution in [3.8, 4) is 0 Å². The normalized spacial score (nSPS) is 23.8. The van der Waals surface area contributed by atoms with Gasteiger partial charge in [-0.1, -0.05) is 6.42 Å². The highest BCUT2D eigenvalue weighted by Crippen LogP contribution is 2.28. The molecule has 1 amide bonds. The van der Waals surface area contributed by atoms with Crippen LogP contribution < -0.4 is 5.32 Å². The lowest BCUT2D eigenvalue weighted by atomic mass is 9.84. The fourth-order valence-electron chi connectivity index (χ4n) is 2.88. The molecule has 1 N–H and O–H groups in total. The molecule has 1 aliphatic heterocycles. The van der Waals surface area contributed by atoms with Crippen molar-refractivity contribution in [1.82, 2.24) is 15.2 Å². The third-order valence-corrected chi connectivity index (χ3v) is 4.37. The Balaban J connectivity index is 1.52. The number of amides is 1. The number of nitrogens with zero attached hydrogens (tertiary/aromatic N) is 2. The molecule has 3 rings (SSSR count). The number of aromatic nitrogens is 1. The lowest BCUT2D eigenvalue weighted by Gasteiger charge is -2.39. The predicted octanol–water partition coefficient (Wildman–Crippen LogP) is 1.10. The lowest BCUT2D eigenvalue weighted by Crippen LogP contribution is -2.55. The van der Waals surface area contributed by atoms with E-state index in [0.29, 0.717) is 24.8 Å². The van der Waals surface area contributed by atoms with E-state index in [0.717, 1.165) is 25.6 Å². The van der Waals surface area contributed by atoms with Gasteiger partial charge in [-0.25, -0.2) is 4.98 Å². The minimum Gasteiger partial charge on any atom is -0.444 e. The monoisotopic (exact) mass is 293 g/mol. The molecule has 2 fully saturated rings. The summed E-state index contributed by atoms with van der Waals surface area (Å²) in [6, 6.07) is -0.177. The van der Waals surface area contributed by atoms with Crippen LogP contribution in [0.5, 0.6) is 0 Å². The average Bonchev–Trinajstić information content (AvgIpc) is 2.86. The smallest absolute Gasteiger partial charge is 0.240 e. The summed E-state index contributed by atoms with van der Waals surface area (Å²) in [5, 5.41) is 2.93.